The number of carboxylic acid groups (broad SMARTS) is 2. The summed E-state index contributed by atoms with van der Waals surface area (Å²) in [4.78, 5) is 23.4. The maximum Gasteiger partial charge on any atom is 0.317 e. The molecule has 0 fully saturated rings. The van der Waals surface area contributed by atoms with Crippen LogP contribution in [0.15, 0.2) is 24.3 Å². The van der Waals surface area contributed by atoms with E-state index in [-0.39, 0.29) is 0 Å². The highest BCUT2D eigenvalue weighted by Crippen LogP contribution is 2.46. The minimum atomic E-state index is -1.93. The van der Waals surface area contributed by atoms with Crippen LogP contribution in [0.2, 0.25) is 0 Å². The molecule has 1 aliphatic carbocycles. The van der Waals surface area contributed by atoms with E-state index < -0.39 is 35.5 Å². The van der Waals surface area contributed by atoms with Crippen molar-refractivity contribution >= 4 is 18.0 Å². The molecular formula is C16H18O6. The molecule has 0 saturated carbocycles. The highest BCUT2D eigenvalue weighted by Gasteiger charge is 2.54. The molecule has 1 aromatic rings. The van der Waals surface area contributed by atoms with Crippen molar-refractivity contribution in [3.63, 3.8) is 0 Å². The number of hydrogen-bond donors (Lipinski definition) is 4. The average molecular weight is 306 g/mol. The third-order valence-corrected chi connectivity index (χ3v) is 4.23. The molecule has 118 valence electrons. The standard InChI is InChI=1S/C16H18O6/c1-8(17)10-3-4-12-11(7-10)5-6-16(9(2)18,15(21)22)13(12)14(19)20/h3-9,13,17-18H,1-2H3,(H,19,20)(H,21,22). The SMILES string of the molecule is CC(O)c1ccc2c(c1)C=CC(C(=O)O)(C(C)O)C2C(=O)O. The van der Waals surface area contributed by atoms with Crippen LogP contribution in [0.25, 0.3) is 6.08 Å². The lowest BCUT2D eigenvalue weighted by atomic mass is 9.64. The van der Waals surface area contributed by atoms with Crippen molar-refractivity contribution in [2.75, 3.05) is 0 Å². The molecule has 6 heteroatoms. The monoisotopic (exact) mass is 306 g/mol. The maximum atomic E-state index is 11.7. The van der Waals surface area contributed by atoms with Gasteiger partial charge in [0.05, 0.1) is 12.2 Å². The predicted octanol–water partition coefficient (Wildman–Crippen LogP) is 1.39. The second kappa shape index (κ2) is 5.55. The normalized spacial score (nSPS) is 26.1. The molecule has 0 aliphatic heterocycles. The van der Waals surface area contributed by atoms with Gasteiger partial charge in [-0.05, 0) is 36.6 Å². The third-order valence-electron chi connectivity index (χ3n) is 4.23. The van der Waals surface area contributed by atoms with Crippen molar-refractivity contribution in [1.82, 2.24) is 0 Å². The van der Waals surface area contributed by atoms with Crippen molar-refractivity contribution in [3.8, 4) is 0 Å². The molecule has 0 bridgehead atoms. The number of aliphatic hydroxyl groups excluding tert-OH is 2. The van der Waals surface area contributed by atoms with Crippen LogP contribution >= 0.6 is 0 Å². The summed E-state index contributed by atoms with van der Waals surface area (Å²) in [6, 6.07) is 4.69. The summed E-state index contributed by atoms with van der Waals surface area (Å²) >= 11 is 0. The molecule has 0 saturated heterocycles. The fourth-order valence-electron chi connectivity index (χ4n) is 2.93. The van der Waals surface area contributed by atoms with Crippen LogP contribution in [0, 0.1) is 5.41 Å². The first-order valence-corrected chi connectivity index (χ1v) is 6.87. The van der Waals surface area contributed by atoms with Gasteiger partial charge in [0.25, 0.3) is 0 Å². The molecule has 4 atom stereocenters. The molecule has 0 heterocycles. The molecule has 22 heavy (non-hydrogen) atoms. The highest BCUT2D eigenvalue weighted by molar-refractivity contribution is 5.93. The lowest BCUT2D eigenvalue weighted by molar-refractivity contribution is -0.161. The lowest BCUT2D eigenvalue weighted by Crippen LogP contribution is -2.48. The fourth-order valence-corrected chi connectivity index (χ4v) is 2.93. The van der Waals surface area contributed by atoms with Gasteiger partial charge in [-0.25, -0.2) is 0 Å². The van der Waals surface area contributed by atoms with E-state index in [4.69, 9.17) is 0 Å². The van der Waals surface area contributed by atoms with Gasteiger partial charge in [-0.15, -0.1) is 0 Å². The Hall–Kier alpha value is -2.18. The number of benzene rings is 1. The number of aliphatic hydroxyl groups is 2. The Bertz CT molecular complexity index is 646. The van der Waals surface area contributed by atoms with Gasteiger partial charge < -0.3 is 20.4 Å². The number of aliphatic carboxylic acids is 2. The summed E-state index contributed by atoms with van der Waals surface area (Å²) < 4.78 is 0. The molecule has 4 N–H and O–H groups in total. The Labute approximate surface area is 127 Å². The van der Waals surface area contributed by atoms with Crippen molar-refractivity contribution in [3.05, 3.63) is 41.0 Å². The van der Waals surface area contributed by atoms with Gasteiger partial charge in [0.1, 0.15) is 11.3 Å². The largest absolute Gasteiger partial charge is 0.481 e. The number of carbonyl (C=O) groups is 2. The van der Waals surface area contributed by atoms with Gasteiger partial charge in [-0.3, -0.25) is 9.59 Å². The Kier molecular flexibility index (Phi) is 4.08. The summed E-state index contributed by atoms with van der Waals surface area (Å²) in [7, 11) is 0. The molecule has 6 nitrogen and oxygen atoms in total. The lowest BCUT2D eigenvalue weighted by Gasteiger charge is -2.38. The second-order valence-corrected chi connectivity index (χ2v) is 5.58. The second-order valence-electron chi connectivity index (χ2n) is 5.58. The van der Waals surface area contributed by atoms with E-state index in [1.807, 2.05) is 0 Å². The van der Waals surface area contributed by atoms with Crippen LogP contribution < -0.4 is 0 Å². The highest BCUT2D eigenvalue weighted by atomic mass is 16.4. The first-order valence-electron chi connectivity index (χ1n) is 6.87. The minimum Gasteiger partial charge on any atom is -0.481 e. The minimum absolute atomic E-state index is 0.308. The van der Waals surface area contributed by atoms with Gasteiger partial charge in [0.15, 0.2) is 0 Å². The first kappa shape index (κ1) is 16.2. The molecular weight excluding hydrogens is 288 g/mol. The van der Waals surface area contributed by atoms with E-state index in [0.29, 0.717) is 16.7 Å². The topological polar surface area (TPSA) is 115 Å². The van der Waals surface area contributed by atoms with Crippen LogP contribution in [0.1, 0.15) is 42.6 Å². The van der Waals surface area contributed by atoms with E-state index in [1.165, 1.54) is 25.1 Å². The van der Waals surface area contributed by atoms with Crippen molar-refractivity contribution in [1.29, 1.82) is 0 Å². The molecule has 0 radical (unpaired) electrons. The zero-order valence-corrected chi connectivity index (χ0v) is 12.2. The molecule has 4 unspecified atom stereocenters. The van der Waals surface area contributed by atoms with E-state index in [9.17, 15) is 30.0 Å². The Balaban J connectivity index is 2.69. The van der Waals surface area contributed by atoms with Crippen LogP contribution in [0.4, 0.5) is 0 Å². The fraction of sp³-hybridized carbons (Fsp3) is 0.375. The molecule has 0 amide bonds. The average Bonchev–Trinajstić information content (AvgIpc) is 2.44. The maximum absolute atomic E-state index is 11.7. The van der Waals surface area contributed by atoms with E-state index in [1.54, 1.807) is 19.1 Å². The van der Waals surface area contributed by atoms with Crippen LogP contribution in [-0.4, -0.2) is 38.5 Å². The van der Waals surface area contributed by atoms with Gasteiger partial charge >= 0.3 is 11.9 Å². The molecule has 1 aromatic carbocycles. The van der Waals surface area contributed by atoms with Gasteiger partial charge in [0.2, 0.25) is 0 Å². The quantitative estimate of drug-likeness (QED) is 0.668. The van der Waals surface area contributed by atoms with Gasteiger partial charge in [-0.2, -0.15) is 0 Å². The number of rotatable bonds is 4. The summed E-state index contributed by atoms with van der Waals surface area (Å²) in [6.07, 6.45) is 0.617. The summed E-state index contributed by atoms with van der Waals surface area (Å²) in [5, 5.41) is 38.6. The summed E-state index contributed by atoms with van der Waals surface area (Å²) in [5.41, 5.74) is -0.482. The first-order chi connectivity index (χ1) is 10.2. The van der Waals surface area contributed by atoms with Gasteiger partial charge in [-0.1, -0.05) is 24.3 Å². The number of carboxylic acids is 2. The van der Waals surface area contributed by atoms with E-state index in [0.717, 1.165) is 0 Å². The summed E-state index contributed by atoms with van der Waals surface area (Å²) in [6.45, 7) is 2.85. The zero-order chi connectivity index (χ0) is 16.7. The molecule has 0 aromatic heterocycles. The Morgan fingerprint density at radius 2 is 1.82 bits per heavy atom. The van der Waals surface area contributed by atoms with Crippen LogP contribution in [0.3, 0.4) is 0 Å². The molecule has 1 aliphatic rings. The van der Waals surface area contributed by atoms with E-state index >= 15 is 0 Å². The number of fused-ring (bicyclic) bond motifs is 1. The van der Waals surface area contributed by atoms with Crippen molar-refractivity contribution in [2.45, 2.75) is 32.0 Å². The van der Waals surface area contributed by atoms with Crippen LogP contribution in [-0.2, 0) is 9.59 Å². The number of hydrogen-bond acceptors (Lipinski definition) is 4. The van der Waals surface area contributed by atoms with E-state index in [2.05, 4.69) is 0 Å². The zero-order valence-electron chi connectivity index (χ0n) is 12.2. The van der Waals surface area contributed by atoms with Crippen molar-refractivity contribution < 1.29 is 30.0 Å². The third kappa shape index (κ3) is 2.30. The van der Waals surface area contributed by atoms with Gasteiger partial charge in [0, 0.05) is 0 Å². The predicted molar refractivity (Wildman–Crippen MR) is 78.2 cm³/mol. The Morgan fingerprint density at radius 3 is 2.27 bits per heavy atom. The summed E-state index contributed by atoms with van der Waals surface area (Å²) in [5.74, 6) is -4.12. The van der Waals surface area contributed by atoms with Crippen molar-refractivity contribution in [2.24, 2.45) is 5.41 Å². The molecule has 2 rings (SSSR count). The smallest absolute Gasteiger partial charge is 0.317 e. The Morgan fingerprint density at radius 1 is 1.18 bits per heavy atom. The van der Waals surface area contributed by atoms with Crippen LogP contribution in [0.5, 0.6) is 0 Å². The molecule has 0 spiro atoms.